The molecule has 30 heavy (non-hydrogen) atoms. The van der Waals surface area contributed by atoms with Crippen molar-refractivity contribution in [2.45, 2.75) is 13.5 Å². The van der Waals surface area contributed by atoms with Crippen molar-refractivity contribution < 1.29 is 19.4 Å². The number of benzene rings is 3. The van der Waals surface area contributed by atoms with Crippen molar-refractivity contribution in [3.8, 4) is 5.75 Å². The van der Waals surface area contributed by atoms with Crippen LogP contribution in [0.3, 0.4) is 0 Å². The SMILES string of the molecule is Cc1cc(OCC(=O)O)c2c3c(C(N)=O)cccc3n(Cc3ccccc3)c2c1.[NaH]. The number of nitrogens with zero attached hydrogens (tertiary/aromatic N) is 1. The van der Waals surface area contributed by atoms with Crippen LogP contribution in [0.4, 0.5) is 0 Å². The first kappa shape index (κ1) is 21.9. The molecule has 0 aliphatic rings. The first-order valence-electron chi connectivity index (χ1n) is 9.19. The molecule has 0 bridgehead atoms. The topological polar surface area (TPSA) is 94.6 Å². The van der Waals surface area contributed by atoms with Crippen LogP contribution < -0.4 is 10.5 Å². The van der Waals surface area contributed by atoms with Gasteiger partial charge >= 0.3 is 35.5 Å². The molecule has 0 radical (unpaired) electrons. The predicted molar refractivity (Wildman–Crippen MR) is 119 cm³/mol. The quantitative estimate of drug-likeness (QED) is 0.476. The zero-order valence-corrected chi connectivity index (χ0v) is 15.9. The van der Waals surface area contributed by atoms with E-state index in [1.807, 2.05) is 49.4 Å². The van der Waals surface area contributed by atoms with Gasteiger partial charge in [0.25, 0.3) is 0 Å². The van der Waals surface area contributed by atoms with Crippen LogP contribution >= 0.6 is 0 Å². The molecule has 4 rings (SSSR count). The van der Waals surface area contributed by atoms with Crippen molar-refractivity contribution >= 4 is 63.2 Å². The molecule has 0 saturated heterocycles. The number of carbonyl (C=O) groups excluding carboxylic acids is 1. The number of aliphatic carboxylic acids is 1. The molecule has 0 unspecified atom stereocenters. The number of amides is 1. The second-order valence-corrected chi connectivity index (χ2v) is 6.98. The second kappa shape index (κ2) is 8.92. The first-order chi connectivity index (χ1) is 14.0. The van der Waals surface area contributed by atoms with Gasteiger partial charge in [-0.15, -0.1) is 0 Å². The van der Waals surface area contributed by atoms with Gasteiger partial charge in [0.05, 0.1) is 16.4 Å². The summed E-state index contributed by atoms with van der Waals surface area (Å²) in [4.78, 5) is 23.2. The molecule has 7 heteroatoms. The molecule has 0 saturated carbocycles. The van der Waals surface area contributed by atoms with Gasteiger partial charge in [-0.3, -0.25) is 4.79 Å². The molecule has 6 nitrogen and oxygen atoms in total. The summed E-state index contributed by atoms with van der Waals surface area (Å²) < 4.78 is 7.71. The Kier molecular flexibility index (Phi) is 6.51. The summed E-state index contributed by atoms with van der Waals surface area (Å²) in [5.41, 5.74) is 9.76. The normalized spacial score (nSPS) is 10.7. The summed E-state index contributed by atoms with van der Waals surface area (Å²) in [6.45, 7) is 2.04. The Morgan fingerprint density at radius 1 is 1.00 bits per heavy atom. The number of aryl methyl sites for hydroxylation is 1. The van der Waals surface area contributed by atoms with Crippen LogP contribution in [-0.2, 0) is 11.3 Å². The van der Waals surface area contributed by atoms with Gasteiger partial charge in [0.15, 0.2) is 6.61 Å². The number of nitrogens with two attached hydrogens (primary N) is 1. The van der Waals surface area contributed by atoms with E-state index in [4.69, 9.17) is 15.6 Å². The third-order valence-corrected chi connectivity index (χ3v) is 4.90. The third-order valence-electron chi connectivity index (χ3n) is 4.90. The number of ether oxygens (including phenoxy) is 1. The Balaban J connectivity index is 0.00000256. The molecule has 0 aliphatic carbocycles. The van der Waals surface area contributed by atoms with Crippen LogP contribution in [0.15, 0.2) is 60.7 Å². The Labute approximate surface area is 195 Å². The van der Waals surface area contributed by atoms with Crippen LogP contribution in [0.5, 0.6) is 5.75 Å². The Morgan fingerprint density at radius 2 is 1.73 bits per heavy atom. The fourth-order valence-corrected chi connectivity index (χ4v) is 3.75. The molecule has 1 aromatic heterocycles. The maximum absolute atomic E-state index is 12.1. The summed E-state index contributed by atoms with van der Waals surface area (Å²) in [6, 6.07) is 19.2. The monoisotopic (exact) mass is 412 g/mol. The van der Waals surface area contributed by atoms with E-state index < -0.39 is 18.5 Å². The Morgan fingerprint density at radius 3 is 2.40 bits per heavy atom. The molecule has 1 amide bonds. The fourth-order valence-electron chi connectivity index (χ4n) is 3.75. The van der Waals surface area contributed by atoms with E-state index in [1.54, 1.807) is 18.2 Å². The minimum absolute atomic E-state index is 0. The van der Waals surface area contributed by atoms with E-state index in [0.29, 0.717) is 28.6 Å². The van der Waals surface area contributed by atoms with Crippen molar-refractivity contribution in [2.24, 2.45) is 5.73 Å². The number of carboxylic acid groups (broad SMARTS) is 1. The van der Waals surface area contributed by atoms with Crippen molar-refractivity contribution in [3.05, 3.63) is 77.4 Å². The van der Waals surface area contributed by atoms with E-state index in [2.05, 4.69) is 4.57 Å². The number of carboxylic acids is 1. The molecule has 0 spiro atoms. The Bertz CT molecular complexity index is 1250. The molecular weight excluding hydrogens is 391 g/mol. The van der Waals surface area contributed by atoms with Gasteiger partial charge in [0, 0.05) is 17.5 Å². The van der Waals surface area contributed by atoms with Gasteiger partial charge < -0.3 is 20.1 Å². The predicted octanol–water partition coefficient (Wildman–Crippen LogP) is 3.07. The van der Waals surface area contributed by atoms with Crippen molar-refractivity contribution in [3.63, 3.8) is 0 Å². The van der Waals surface area contributed by atoms with Crippen LogP contribution in [0.1, 0.15) is 21.5 Å². The number of fused-ring (bicyclic) bond motifs is 3. The molecular formula is C23H21N2NaO4. The van der Waals surface area contributed by atoms with Crippen LogP contribution in [0.25, 0.3) is 21.8 Å². The summed E-state index contributed by atoms with van der Waals surface area (Å²) in [6.07, 6.45) is 0. The van der Waals surface area contributed by atoms with Gasteiger partial charge in [-0.1, -0.05) is 36.4 Å². The van der Waals surface area contributed by atoms with Gasteiger partial charge in [-0.25, -0.2) is 4.79 Å². The van der Waals surface area contributed by atoms with Gasteiger partial charge in [0.2, 0.25) is 5.91 Å². The van der Waals surface area contributed by atoms with Gasteiger partial charge in [-0.2, -0.15) is 0 Å². The standard InChI is InChI=1S/C23H20N2O4.Na.H/c1-14-10-18-22(19(11-14)29-13-20(26)27)21-16(23(24)28)8-5-9-17(21)25(18)12-15-6-3-2-4-7-15;;/h2-11H,12-13H2,1H3,(H2,24,28)(H,26,27);;. The van der Waals surface area contributed by atoms with E-state index >= 15 is 0 Å². The van der Waals surface area contributed by atoms with Crippen molar-refractivity contribution in [1.82, 2.24) is 4.57 Å². The van der Waals surface area contributed by atoms with E-state index in [0.717, 1.165) is 22.2 Å². The third kappa shape index (κ3) is 4.07. The number of hydrogen-bond donors (Lipinski definition) is 2. The minimum atomic E-state index is -1.07. The number of carbonyl (C=O) groups is 2. The van der Waals surface area contributed by atoms with E-state index in [9.17, 15) is 9.59 Å². The molecule has 0 aliphatic heterocycles. The molecule has 4 aromatic rings. The van der Waals surface area contributed by atoms with E-state index in [1.165, 1.54) is 0 Å². The number of primary amides is 1. The average Bonchev–Trinajstić information content (AvgIpc) is 3.00. The first-order valence-corrected chi connectivity index (χ1v) is 9.19. The average molecular weight is 412 g/mol. The van der Waals surface area contributed by atoms with E-state index in [-0.39, 0.29) is 29.6 Å². The summed E-state index contributed by atoms with van der Waals surface area (Å²) in [7, 11) is 0. The molecule has 1 heterocycles. The maximum atomic E-state index is 12.1. The second-order valence-electron chi connectivity index (χ2n) is 6.98. The van der Waals surface area contributed by atoms with Crippen LogP contribution in [0.2, 0.25) is 0 Å². The summed E-state index contributed by atoms with van der Waals surface area (Å²) in [5, 5.41) is 10.4. The number of rotatable bonds is 6. The number of aromatic nitrogens is 1. The van der Waals surface area contributed by atoms with Gasteiger partial charge in [-0.05, 0) is 42.3 Å². The molecule has 148 valence electrons. The molecule has 0 atom stereocenters. The Hall–Kier alpha value is -2.80. The summed E-state index contributed by atoms with van der Waals surface area (Å²) in [5.74, 6) is -1.19. The summed E-state index contributed by atoms with van der Waals surface area (Å²) >= 11 is 0. The molecule has 3 aromatic carbocycles. The number of hydrogen-bond acceptors (Lipinski definition) is 3. The molecule has 0 fully saturated rings. The van der Waals surface area contributed by atoms with Crippen LogP contribution in [0, 0.1) is 6.92 Å². The van der Waals surface area contributed by atoms with Gasteiger partial charge in [0.1, 0.15) is 5.75 Å². The van der Waals surface area contributed by atoms with Crippen molar-refractivity contribution in [2.75, 3.05) is 6.61 Å². The fraction of sp³-hybridized carbons (Fsp3) is 0.130. The van der Waals surface area contributed by atoms with Crippen molar-refractivity contribution in [1.29, 1.82) is 0 Å². The zero-order chi connectivity index (χ0) is 20.5. The molecule has 3 N–H and O–H groups in total. The zero-order valence-electron chi connectivity index (χ0n) is 15.9. The van der Waals surface area contributed by atoms with Crippen LogP contribution in [-0.4, -0.2) is 57.7 Å².